The van der Waals surface area contributed by atoms with Crippen LogP contribution in [0.2, 0.25) is 0 Å². The molecule has 19 heavy (non-hydrogen) atoms. The fourth-order valence-electron chi connectivity index (χ4n) is 1.78. The molecule has 0 spiro atoms. The molecule has 1 aromatic rings. The van der Waals surface area contributed by atoms with Gasteiger partial charge in [0.05, 0.1) is 0 Å². The third-order valence-corrected chi connectivity index (χ3v) is 3.59. The van der Waals surface area contributed by atoms with Crippen molar-refractivity contribution in [2.24, 2.45) is 5.92 Å². The van der Waals surface area contributed by atoms with E-state index in [2.05, 4.69) is 0 Å². The van der Waals surface area contributed by atoms with E-state index in [1.165, 1.54) is 24.3 Å². The van der Waals surface area contributed by atoms with Crippen molar-refractivity contribution in [3.63, 3.8) is 0 Å². The summed E-state index contributed by atoms with van der Waals surface area (Å²) in [4.78, 5) is 23.3. The van der Waals surface area contributed by atoms with Crippen LogP contribution in [0.5, 0.6) is 0 Å². The van der Waals surface area contributed by atoms with Crippen LogP contribution in [-0.4, -0.2) is 24.5 Å². The predicted octanol–water partition coefficient (Wildman–Crippen LogP) is 1.40. The van der Waals surface area contributed by atoms with Crippen LogP contribution in [0.15, 0.2) is 53.5 Å². The molecule has 0 aromatic heterocycles. The summed E-state index contributed by atoms with van der Waals surface area (Å²) in [6.07, 6.45) is 3.56. The Labute approximate surface area is 110 Å². The van der Waals surface area contributed by atoms with Crippen molar-refractivity contribution in [3.8, 4) is 0 Å². The van der Waals surface area contributed by atoms with Crippen LogP contribution in [0, 0.1) is 5.92 Å². The fourth-order valence-corrected chi connectivity index (χ4v) is 2.41. The molecule has 1 unspecified atom stereocenters. The van der Waals surface area contributed by atoms with Crippen molar-refractivity contribution in [1.82, 2.24) is 0 Å². The second-order valence-corrected chi connectivity index (χ2v) is 5.35. The molecule has 1 aliphatic rings. The van der Waals surface area contributed by atoms with E-state index in [1.807, 2.05) is 0 Å². The minimum atomic E-state index is -4.62. The second kappa shape index (κ2) is 4.91. The summed E-state index contributed by atoms with van der Waals surface area (Å²) >= 11 is 0. The Kier molecular flexibility index (Phi) is 3.46. The highest BCUT2D eigenvalue weighted by Gasteiger charge is 2.34. The molecule has 1 aliphatic carbocycles. The van der Waals surface area contributed by atoms with Crippen molar-refractivity contribution in [1.29, 1.82) is 0 Å². The van der Waals surface area contributed by atoms with E-state index in [0.717, 1.165) is 6.08 Å². The molecule has 0 fully saturated rings. The van der Waals surface area contributed by atoms with Gasteiger partial charge in [-0.3, -0.25) is 14.1 Å². The molecule has 1 atom stereocenters. The fraction of sp³-hybridized carbons (Fsp3) is 0.0769. The number of benzene rings is 1. The van der Waals surface area contributed by atoms with Gasteiger partial charge in [0.2, 0.25) is 0 Å². The lowest BCUT2D eigenvalue weighted by Crippen LogP contribution is -2.28. The van der Waals surface area contributed by atoms with Gasteiger partial charge in [-0.2, -0.15) is 8.42 Å². The number of allylic oxidation sites excluding steroid dienone is 4. The van der Waals surface area contributed by atoms with Gasteiger partial charge in [0.25, 0.3) is 10.1 Å². The molecule has 5 nitrogen and oxygen atoms in total. The standard InChI is InChI=1S/C13H10O5S/c14-12(9-5-2-1-3-6-9)10-7-4-8-11(13(10)15)19(16,17)18/h1-8,10H,(H,16,17,18). The number of carbonyl (C=O) groups excluding carboxylic acids is 2. The Bertz CT molecular complexity index is 683. The average molecular weight is 278 g/mol. The lowest BCUT2D eigenvalue weighted by molar-refractivity contribution is -0.116. The Morgan fingerprint density at radius 2 is 1.79 bits per heavy atom. The monoisotopic (exact) mass is 278 g/mol. The Morgan fingerprint density at radius 1 is 1.16 bits per heavy atom. The van der Waals surface area contributed by atoms with E-state index < -0.39 is 32.5 Å². The summed E-state index contributed by atoms with van der Waals surface area (Å²) in [5.41, 5.74) is 0.307. The molecule has 2 rings (SSSR count). The van der Waals surface area contributed by atoms with Crippen LogP contribution in [0.1, 0.15) is 10.4 Å². The summed E-state index contributed by atoms with van der Waals surface area (Å²) in [5.74, 6) is -2.64. The van der Waals surface area contributed by atoms with Gasteiger partial charge < -0.3 is 0 Å². The van der Waals surface area contributed by atoms with Crippen LogP contribution in [0.25, 0.3) is 0 Å². The van der Waals surface area contributed by atoms with Gasteiger partial charge in [-0.1, -0.05) is 42.5 Å². The normalized spacial score (nSPS) is 19.1. The number of rotatable bonds is 3. The van der Waals surface area contributed by atoms with Crippen molar-refractivity contribution in [2.45, 2.75) is 0 Å². The Balaban J connectivity index is 2.35. The molecular formula is C13H10O5S. The van der Waals surface area contributed by atoms with E-state index in [4.69, 9.17) is 4.55 Å². The molecule has 0 aliphatic heterocycles. The van der Waals surface area contributed by atoms with Gasteiger partial charge in [-0.15, -0.1) is 0 Å². The molecule has 0 amide bonds. The zero-order chi connectivity index (χ0) is 14.0. The minimum absolute atomic E-state index is 0.307. The topological polar surface area (TPSA) is 88.5 Å². The maximum absolute atomic E-state index is 12.1. The third-order valence-electron chi connectivity index (χ3n) is 2.70. The number of hydrogen-bond acceptors (Lipinski definition) is 4. The van der Waals surface area contributed by atoms with Gasteiger partial charge in [-0.25, -0.2) is 0 Å². The molecule has 0 saturated heterocycles. The second-order valence-electron chi connectivity index (χ2n) is 3.96. The molecule has 1 N–H and O–H groups in total. The first-order chi connectivity index (χ1) is 8.91. The Morgan fingerprint density at radius 3 is 2.37 bits per heavy atom. The molecule has 0 heterocycles. The van der Waals surface area contributed by atoms with Gasteiger partial charge in [0.1, 0.15) is 10.8 Å². The largest absolute Gasteiger partial charge is 0.298 e. The van der Waals surface area contributed by atoms with Crippen molar-refractivity contribution < 1.29 is 22.6 Å². The maximum atomic E-state index is 12.1. The first-order valence-corrected chi connectivity index (χ1v) is 6.85. The van der Waals surface area contributed by atoms with Crippen LogP contribution in [0.3, 0.4) is 0 Å². The van der Waals surface area contributed by atoms with E-state index in [0.29, 0.717) is 5.56 Å². The van der Waals surface area contributed by atoms with Crippen molar-refractivity contribution >= 4 is 21.7 Å². The third kappa shape index (κ3) is 2.69. The highest BCUT2D eigenvalue weighted by atomic mass is 32.2. The first-order valence-electron chi connectivity index (χ1n) is 5.40. The van der Waals surface area contributed by atoms with Crippen molar-refractivity contribution in [3.05, 3.63) is 59.0 Å². The van der Waals surface area contributed by atoms with E-state index in [-0.39, 0.29) is 0 Å². The van der Waals surface area contributed by atoms with E-state index in [1.54, 1.807) is 18.2 Å². The highest BCUT2D eigenvalue weighted by molar-refractivity contribution is 7.90. The van der Waals surface area contributed by atoms with Crippen LogP contribution in [-0.2, 0) is 14.9 Å². The lowest BCUT2D eigenvalue weighted by Gasteiger charge is -2.14. The number of hydrogen-bond donors (Lipinski definition) is 1. The maximum Gasteiger partial charge on any atom is 0.298 e. The van der Waals surface area contributed by atoms with Gasteiger partial charge in [0, 0.05) is 5.56 Å². The van der Waals surface area contributed by atoms with Gasteiger partial charge in [0.15, 0.2) is 11.6 Å². The molecule has 0 radical (unpaired) electrons. The zero-order valence-electron chi connectivity index (χ0n) is 9.68. The zero-order valence-corrected chi connectivity index (χ0v) is 10.5. The smallest absolute Gasteiger partial charge is 0.293 e. The van der Waals surface area contributed by atoms with E-state index >= 15 is 0 Å². The molecule has 0 saturated carbocycles. The van der Waals surface area contributed by atoms with E-state index in [9.17, 15) is 18.0 Å². The SMILES string of the molecule is O=C1C(S(=O)(=O)O)=CC=CC1C(=O)c1ccccc1. The van der Waals surface area contributed by atoms with Crippen LogP contribution >= 0.6 is 0 Å². The van der Waals surface area contributed by atoms with Crippen molar-refractivity contribution in [2.75, 3.05) is 0 Å². The summed E-state index contributed by atoms with van der Waals surface area (Å²) in [6, 6.07) is 8.08. The molecule has 1 aromatic carbocycles. The molecular weight excluding hydrogens is 268 g/mol. The number of carbonyl (C=O) groups is 2. The predicted molar refractivity (Wildman–Crippen MR) is 68.0 cm³/mol. The average Bonchev–Trinajstić information content (AvgIpc) is 2.38. The molecule has 0 bridgehead atoms. The lowest BCUT2D eigenvalue weighted by atomic mass is 9.90. The quantitative estimate of drug-likeness (QED) is 0.513. The number of Topliss-reactive ketones (excluding diaryl/α,β-unsaturated/α-hetero) is 2. The minimum Gasteiger partial charge on any atom is -0.293 e. The summed E-state index contributed by atoms with van der Waals surface area (Å²) in [6.45, 7) is 0. The Hall–Kier alpha value is -2.05. The molecule has 98 valence electrons. The highest BCUT2D eigenvalue weighted by Crippen LogP contribution is 2.22. The van der Waals surface area contributed by atoms with Crippen LogP contribution < -0.4 is 0 Å². The van der Waals surface area contributed by atoms with Gasteiger partial charge in [-0.05, 0) is 6.08 Å². The molecule has 6 heteroatoms. The number of ketones is 2. The first kappa shape index (κ1) is 13.4. The summed E-state index contributed by atoms with van der Waals surface area (Å²) < 4.78 is 31.0. The summed E-state index contributed by atoms with van der Waals surface area (Å²) in [7, 11) is -4.62. The van der Waals surface area contributed by atoms with Crippen LogP contribution in [0.4, 0.5) is 0 Å². The summed E-state index contributed by atoms with van der Waals surface area (Å²) in [5, 5.41) is 0. The van der Waals surface area contributed by atoms with Gasteiger partial charge >= 0.3 is 0 Å².